The van der Waals surface area contributed by atoms with Crippen LogP contribution in [0.3, 0.4) is 0 Å². The van der Waals surface area contributed by atoms with Gasteiger partial charge in [0.2, 0.25) is 0 Å². The molecule has 3 N–H and O–H groups in total. The van der Waals surface area contributed by atoms with Crippen LogP contribution in [-0.2, 0) is 4.79 Å². The molecule has 0 heterocycles. The number of aliphatic carboxylic acids is 1. The lowest BCUT2D eigenvalue weighted by molar-refractivity contribution is -0.137. The Balaban J connectivity index is 2.49. The zero-order chi connectivity index (χ0) is 15.1. The molecule has 1 aromatic rings. The Bertz CT molecular complexity index is 493. The highest BCUT2D eigenvalue weighted by Gasteiger charge is 2.10. The maximum atomic E-state index is 13.4. The molecule has 0 radical (unpaired) electrons. The number of halogens is 1. The van der Waals surface area contributed by atoms with E-state index in [1.165, 1.54) is 19.2 Å². The minimum absolute atomic E-state index is 0.0292. The van der Waals surface area contributed by atoms with Gasteiger partial charge in [-0.25, -0.2) is 9.18 Å². The maximum Gasteiger partial charge on any atom is 0.319 e. The van der Waals surface area contributed by atoms with Gasteiger partial charge in [-0.05, 0) is 25.5 Å². The average molecular weight is 284 g/mol. The van der Waals surface area contributed by atoms with Crippen LogP contribution in [0.15, 0.2) is 18.2 Å². The van der Waals surface area contributed by atoms with E-state index >= 15 is 0 Å². The van der Waals surface area contributed by atoms with Crippen LogP contribution in [-0.4, -0.2) is 30.3 Å². The first-order valence-corrected chi connectivity index (χ1v) is 6.05. The Hall–Kier alpha value is -2.31. The number of carboxylic acids is 1. The van der Waals surface area contributed by atoms with Gasteiger partial charge in [-0.1, -0.05) is 0 Å². The zero-order valence-corrected chi connectivity index (χ0v) is 11.3. The number of benzene rings is 1. The number of hydrogen-bond donors (Lipinski definition) is 3. The Labute approximate surface area is 115 Å². The van der Waals surface area contributed by atoms with Crippen LogP contribution in [0.4, 0.5) is 14.9 Å². The number of ether oxygens (including phenoxy) is 1. The smallest absolute Gasteiger partial charge is 0.319 e. The summed E-state index contributed by atoms with van der Waals surface area (Å²) in [5.74, 6) is -1.41. The third-order valence-corrected chi connectivity index (χ3v) is 2.58. The summed E-state index contributed by atoms with van der Waals surface area (Å²) in [7, 11) is 1.35. The molecule has 1 aromatic carbocycles. The summed E-state index contributed by atoms with van der Waals surface area (Å²) in [4.78, 5) is 22.0. The molecule has 0 fully saturated rings. The number of methoxy groups -OCH3 is 1. The number of urea groups is 1. The van der Waals surface area contributed by atoms with Crippen LogP contribution in [0, 0.1) is 5.82 Å². The van der Waals surface area contributed by atoms with Crippen LogP contribution in [0.25, 0.3) is 0 Å². The number of carboxylic acid groups (broad SMARTS) is 1. The fraction of sp³-hybridized carbons (Fsp3) is 0.385. The summed E-state index contributed by atoms with van der Waals surface area (Å²) in [6.45, 7) is 1.69. The van der Waals surface area contributed by atoms with Crippen molar-refractivity contribution in [3.8, 4) is 5.75 Å². The van der Waals surface area contributed by atoms with Crippen molar-refractivity contribution in [1.29, 1.82) is 0 Å². The highest BCUT2D eigenvalue weighted by atomic mass is 19.1. The normalized spacial score (nSPS) is 11.6. The molecular weight excluding hydrogens is 267 g/mol. The minimum Gasteiger partial charge on any atom is -0.494 e. The zero-order valence-electron chi connectivity index (χ0n) is 11.3. The van der Waals surface area contributed by atoms with Gasteiger partial charge in [-0.3, -0.25) is 4.79 Å². The van der Waals surface area contributed by atoms with Crippen molar-refractivity contribution in [1.82, 2.24) is 5.32 Å². The van der Waals surface area contributed by atoms with E-state index in [1.807, 2.05) is 0 Å². The van der Waals surface area contributed by atoms with E-state index in [2.05, 4.69) is 10.6 Å². The first-order valence-electron chi connectivity index (χ1n) is 6.05. The molecule has 0 saturated carbocycles. The first kappa shape index (κ1) is 15.7. The summed E-state index contributed by atoms with van der Waals surface area (Å²) >= 11 is 0. The van der Waals surface area contributed by atoms with E-state index in [9.17, 15) is 14.0 Å². The van der Waals surface area contributed by atoms with Crippen molar-refractivity contribution in [2.75, 3.05) is 12.4 Å². The fourth-order valence-electron chi connectivity index (χ4n) is 1.55. The first-order chi connectivity index (χ1) is 9.42. The fourth-order valence-corrected chi connectivity index (χ4v) is 1.55. The van der Waals surface area contributed by atoms with Gasteiger partial charge in [-0.15, -0.1) is 0 Å². The topological polar surface area (TPSA) is 87.7 Å². The summed E-state index contributed by atoms with van der Waals surface area (Å²) < 4.78 is 18.2. The molecule has 0 bridgehead atoms. The van der Waals surface area contributed by atoms with Crippen LogP contribution in [0.5, 0.6) is 5.75 Å². The summed E-state index contributed by atoms with van der Waals surface area (Å²) in [5.41, 5.74) is 0.284. The summed E-state index contributed by atoms with van der Waals surface area (Å²) in [5, 5.41) is 13.6. The molecule has 0 spiro atoms. The number of carbonyl (C=O) groups is 2. The number of rotatable bonds is 6. The predicted octanol–water partition coefficient (Wildman–Crippen LogP) is 2.21. The van der Waals surface area contributed by atoms with Gasteiger partial charge < -0.3 is 20.5 Å². The third kappa shape index (κ3) is 5.13. The van der Waals surface area contributed by atoms with Crippen LogP contribution < -0.4 is 15.4 Å². The van der Waals surface area contributed by atoms with E-state index in [4.69, 9.17) is 9.84 Å². The van der Waals surface area contributed by atoms with Gasteiger partial charge in [0.05, 0.1) is 7.11 Å². The SMILES string of the molecule is COc1ccc(NC(=O)NC(C)CCC(=O)O)cc1F. The molecule has 0 aliphatic carbocycles. The van der Waals surface area contributed by atoms with E-state index in [1.54, 1.807) is 6.92 Å². The standard InChI is InChI=1S/C13H17FN2O4/c1-8(3-6-12(17)18)15-13(19)16-9-4-5-11(20-2)10(14)7-9/h4-5,7-8H,3,6H2,1-2H3,(H,17,18)(H2,15,16,19). The van der Waals surface area contributed by atoms with Gasteiger partial charge in [-0.2, -0.15) is 0 Å². The molecule has 1 unspecified atom stereocenters. The molecule has 0 aliphatic rings. The lowest BCUT2D eigenvalue weighted by atomic mass is 10.2. The van der Waals surface area contributed by atoms with E-state index < -0.39 is 17.8 Å². The Morgan fingerprint density at radius 3 is 2.70 bits per heavy atom. The molecule has 0 aromatic heterocycles. The highest BCUT2D eigenvalue weighted by Crippen LogP contribution is 2.20. The molecule has 20 heavy (non-hydrogen) atoms. The monoisotopic (exact) mass is 284 g/mol. The number of anilines is 1. The van der Waals surface area contributed by atoms with E-state index in [0.29, 0.717) is 6.42 Å². The minimum atomic E-state index is -0.920. The van der Waals surface area contributed by atoms with Crippen molar-refractivity contribution in [2.45, 2.75) is 25.8 Å². The number of nitrogens with one attached hydrogen (secondary N) is 2. The number of carbonyl (C=O) groups excluding carboxylic acids is 1. The van der Waals surface area contributed by atoms with Crippen molar-refractivity contribution < 1.29 is 23.8 Å². The van der Waals surface area contributed by atoms with Gasteiger partial charge >= 0.3 is 12.0 Å². The Morgan fingerprint density at radius 1 is 1.45 bits per heavy atom. The molecule has 6 nitrogen and oxygen atoms in total. The van der Waals surface area contributed by atoms with Crippen molar-refractivity contribution >= 4 is 17.7 Å². The third-order valence-electron chi connectivity index (χ3n) is 2.58. The summed E-state index contributed by atoms with van der Waals surface area (Å²) in [6.07, 6.45) is 0.290. The van der Waals surface area contributed by atoms with Crippen LogP contribution in [0.1, 0.15) is 19.8 Å². The quantitative estimate of drug-likeness (QED) is 0.747. The van der Waals surface area contributed by atoms with Crippen LogP contribution in [0.2, 0.25) is 0 Å². The second kappa shape index (κ2) is 7.32. The number of hydrogen-bond acceptors (Lipinski definition) is 3. The molecule has 110 valence electrons. The van der Waals surface area contributed by atoms with Crippen molar-refractivity contribution in [3.63, 3.8) is 0 Å². The Morgan fingerprint density at radius 2 is 2.15 bits per heavy atom. The molecule has 1 atom stereocenters. The van der Waals surface area contributed by atoms with E-state index in [0.717, 1.165) is 6.07 Å². The Kier molecular flexibility index (Phi) is 5.76. The number of amides is 2. The average Bonchev–Trinajstić information content (AvgIpc) is 2.36. The molecule has 2 amide bonds. The van der Waals surface area contributed by atoms with Gasteiger partial charge in [0.25, 0.3) is 0 Å². The molecule has 0 saturated heterocycles. The largest absolute Gasteiger partial charge is 0.494 e. The molecule has 7 heteroatoms. The molecule has 0 aliphatic heterocycles. The summed E-state index contributed by atoms with van der Waals surface area (Å²) in [6, 6.07) is 3.23. The predicted molar refractivity (Wildman–Crippen MR) is 71.4 cm³/mol. The highest BCUT2D eigenvalue weighted by molar-refractivity contribution is 5.89. The van der Waals surface area contributed by atoms with Gasteiger partial charge in [0, 0.05) is 24.2 Å². The van der Waals surface area contributed by atoms with Crippen LogP contribution >= 0.6 is 0 Å². The van der Waals surface area contributed by atoms with Gasteiger partial charge in [0.15, 0.2) is 11.6 Å². The second-order valence-corrected chi connectivity index (χ2v) is 4.28. The van der Waals surface area contributed by atoms with Crippen molar-refractivity contribution in [2.24, 2.45) is 0 Å². The lowest BCUT2D eigenvalue weighted by Gasteiger charge is -2.14. The second-order valence-electron chi connectivity index (χ2n) is 4.28. The van der Waals surface area contributed by atoms with E-state index in [-0.39, 0.29) is 23.9 Å². The molecular formula is C13H17FN2O4. The van der Waals surface area contributed by atoms with Gasteiger partial charge in [0.1, 0.15) is 0 Å². The molecule has 1 rings (SSSR count). The van der Waals surface area contributed by atoms with Crippen molar-refractivity contribution in [3.05, 3.63) is 24.0 Å². The maximum absolute atomic E-state index is 13.4. The lowest BCUT2D eigenvalue weighted by Crippen LogP contribution is -2.36.